The molecule has 0 fully saturated rings. The maximum Gasteiger partial charge on any atom is 0.120 e. The number of hydrogen-bond donors (Lipinski definition) is 1. The molecular weight excluding hydrogens is 328 g/mol. The van der Waals surface area contributed by atoms with Crippen molar-refractivity contribution in [1.82, 2.24) is 0 Å². The molecule has 0 saturated carbocycles. The van der Waals surface area contributed by atoms with Gasteiger partial charge in [-0.25, -0.2) is 0 Å². The molecule has 130 valence electrons. The highest BCUT2D eigenvalue weighted by atomic mass is 16.3. The van der Waals surface area contributed by atoms with E-state index in [9.17, 15) is 5.11 Å². The Balaban J connectivity index is 1.85. The molecule has 1 atom stereocenters. The lowest BCUT2D eigenvalue weighted by atomic mass is 9.75. The van der Waals surface area contributed by atoms with Crippen LogP contribution in [0, 0.1) is 0 Å². The zero-order valence-electron chi connectivity index (χ0n) is 15.0. The first kappa shape index (κ1) is 16.0. The number of benzene rings is 4. The third-order valence-corrected chi connectivity index (χ3v) is 5.59. The van der Waals surface area contributed by atoms with E-state index in [-0.39, 0.29) is 0 Å². The first-order chi connectivity index (χ1) is 13.3. The topological polar surface area (TPSA) is 20.2 Å². The molecule has 0 amide bonds. The summed E-state index contributed by atoms with van der Waals surface area (Å²) in [4.78, 5) is 0. The maximum atomic E-state index is 12.2. The monoisotopic (exact) mass is 348 g/mol. The third-order valence-electron chi connectivity index (χ3n) is 5.59. The molecular formula is C26H20O. The van der Waals surface area contributed by atoms with E-state index in [1.54, 1.807) is 0 Å². The lowest BCUT2D eigenvalue weighted by Gasteiger charge is -2.33. The summed E-state index contributed by atoms with van der Waals surface area (Å²) >= 11 is 0. The number of aliphatic hydroxyl groups is 1. The molecule has 1 nitrogen and oxygen atoms in total. The molecule has 0 bridgehead atoms. The van der Waals surface area contributed by atoms with Gasteiger partial charge < -0.3 is 5.11 Å². The van der Waals surface area contributed by atoms with E-state index in [2.05, 4.69) is 60.7 Å². The second kappa shape index (κ2) is 6.22. The van der Waals surface area contributed by atoms with E-state index in [1.165, 1.54) is 0 Å². The minimum Gasteiger partial charge on any atom is -0.380 e. The average Bonchev–Trinajstić information content (AvgIpc) is 2.72. The van der Waals surface area contributed by atoms with Crippen LogP contribution in [0.25, 0.3) is 22.9 Å². The zero-order chi connectivity index (χ0) is 18.3. The van der Waals surface area contributed by atoms with Crippen LogP contribution in [0.15, 0.2) is 91.0 Å². The molecule has 1 unspecified atom stereocenters. The molecule has 0 heterocycles. The van der Waals surface area contributed by atoms with Crippen LogP contribution in [0.5, 0.6) is 0 Å². The Morgan fingerprint density at radius 2 is 1.22 bits per heavy atom. The van der Waals surface area contributed by atoms with E-state index in [1.807, 2.05) is 42.5 Å². The van der Waals surface area contributed by atoms with Crippen molar-refractivity contribution in [3.63, 3.8) is 0 Å². The predicted octanol–water partition coefficient (Wildman–Crippen LogP) is 5.80. The molecule has 1 N–H and O–H groups in total. The molecule has 1 heteroatoms. The second-order valence-corrected chi connectivity index (χ2v) is 7.18. The van der Waals surface area contributed by atoms with E-state index in [0.717, 1.165) is 38.6 Å². The fourth-order valence-corrected chi connectivity index (χ4v) is 4.25. The SMILES string of the molecule is OC1(c2cccc3ccccc23)Cc2ccccc2C=Cc2ccccc21. The van der Waals surface area contributed by atoms with Crippen molar-refractivity contribution < 1.29 is 5.11 Å². The van der Waals surface area contributed by atoms with Gasteiger partial charge in [0.05, 0.1) is 0 Å². The van der Waals surface area contributed by atoms with Crippen LogP contribution < -0.4 is 0 Å². The molecule has 0 radical (unpaired) electrons. The van der Waals surface area contributed by atoms with Gasteiger partial charge in [-0.05, 0) is 38.6 Å². The summed E-state index contributed by atoms with van der Waals surface area (Å²) in [7, 11) is 0. The van der Waals surface area contributed by atoms with Crippen LogP contribution in [-0.2, 0) is 12.0 Å². The Morgan fingerprint density at radius 1 is 0.593 bits per heavy atom. The largest absolute Gasteiger partial charge is 0.380 e. The van der Waals surface area contributed by atoms with Crippen LogP contribution in [0.1, 0.15) is 27.8 Å². The first-order valence-electron chi connectivity index (χ1n) is 9.32. The molecule has 1 aliphatic carbocycles. The highest BCUT2D eigenvalue weighted by Gasteiger charge is 2.36. The summed E-state index contributed by atoms with van der Waals surface area (Å²) < 4.78 is 0. The Kier molecular flexibility index (Phi) is 3.70. The maximum absolute atomic E-state index is 12.2. The summed E-state index contributed by atoms with van der Waals surface area (Å²) in [6.45, 7) is 0. The molecule has 27 heavy (non-hydrogen) atoms. The van der Waals surface area contributed by atoms with Gasteiger partial charge in [-0.2, -0.15) is 0 Å². The number of rotatable bonds is 1. The summed E-state index contributed by atoms with van der Waals surface area (Å²) in [6, 6.07) is 31.0. The molecule has 0 spiro atoms. The fourth-order valence-electron chi connectivity index (χ4n) is 4.25. The smallest absolute Gasteiger partial charge is 0.120 e. The van der Waals surface area contributed by atoms with E-state index >= 15 is 0 Å². The van der Waals surface area contributed by atoms with Crippen LogP contribution in [0.2, 0.25) is 0 Å². The van der Waals surface area contributed by atoms with Gasteiger partial charge >= 0.3 is 0 Å². The normalized spacial score (nSPS) is 18.4. The van der Waals surface area contributed by atoms with Crippen LogP contribution in [-0.4, -0.2) is 5.11 Å². The molecule has 5 rings (SSSR count). The van der Waals surface area contributed by atoms with Crippen LogP contribution >= 0.6 is 0 Å². The average molecular weight is 348 g/mol. The van der Waals surface area contributed by atoms with Gasteiger partial charge in [-0.1, -0.05) is 103 Å². The first-order valence-corrected chi connectivity index (χ1v) is 9.32. The quantitative estimate of drug-likeness (QED) is 0.461. The van der Waals surface area contributed by atoms with E-state index in [0.29, 0.717) is 6.42 Å². The lowest BCUT2D eigenvalue weighted by molar-refractivity contribution is 0.0823. The zero-order valence-corrected chi connectivity index (χ0v) is 15.0. The molecule has 4 aromatic carbocycles. The molecule has 0 aromatic heterocycles. The van der Waals surface area contributed by atoms with Gasteiger partial charge in [0.1, 0.15) is 5.60 Å². The highest BCUT2D eigenvalue weighted by Crippen LogP contribution is 2.41. The minimum absolute atomic E-state index is 0.540. The van der Waals surface area contributed by atoms with Crippen molar-refractivity contribution >= 4 is 22.9 Å². The Morgan fingerprint density at radius 3 is 2.15 bits per heavy atom. The van der Waals surface area contributed by atoms with Crippen molar-refractivity contribution in [3.05, 3.63) is 119 Å². The predicted molar refractivity (Wildman–Crippen MR) is 112 cm³/mol. The standard InChI is InChI=1S/C26H20O/c27-26(25-15-7-12-20-9-3-5-13-23(20)25)18-22-11-2-1-8-19(22)16-17-21-10-4-6-14-24(21)26/h1-17,27H,18H2. The highest BCUT2D eigenvalue weighted by molar-refractivity contribution is 5.87. The Labute approximate surface area is 159 Å². The summed E-state index contributed by atoms with van der Waals surface area (Å²) in [5.74, 6) is 0. The summed E-state index contributed by atoms with van der Waals surface area (Å²) in [6.07, 6.45) is 4.80. The summed E-state index contributed by atoms with van der Waals surface area (Å²) in [5, 5.41) is 14.5. The molecule has 4 aromatic rings. The summed E-state index contributed by atoms with van der Waals surface area (Å²) in [5.41, 5.74) is 4.18. The number of fused-ring (bicyclic) bond motifs is 3. The van der Waals surface area contributed by atoms with Crippen molar-refractivity contribution in [1.29, 1.82) is 0 Å². The van der Waals surface area contributed by atoms with Gasteiger partial charge in [0, 0.05) is 6.42 Å². The van der Waals surface area contributed by atoms with Crippen LogP contribution in [0.4, 0.5) is 0 Å². The van der Waals surface area contributed by atoms with Crippen molar-refractivity contribution in [3.8, 4) is 0 Å². The van der Waals surface area contributed by atoms with Gasteiger partial charge in [0.25, 0.3) is 0 Å². The third kappa shape index (κ3) is 2.59. The fraction of sp³-hybridized carbons (Fsp3) is 0.0769. The van der Waals surface area contributed by atoms with Gasteiger partial charge in [-0.3, -0.25) is 0 Å². The van der Waals surface area contributed by atoms with Gasteiger partial charge in [0.15, 0.2) is 0 Å². The molecule has 0 saturated heterocycles. The lowest BCUT2D eigenvalue weighted by Crippen LogP contribution is -2.32. The van der Waals surface area contributed by atoms with E-state index in [4.69, 9.17) is 0 Å². The van der Waals surface area contributed by atoms with E-state index < -0.39 is 5.60 Å². The van der Waals surface area contributed by atoms with Gasteiger partial charge in [0.2, 0.25) is 0 Å². The second-order valence-electron chi connectivity index (χ2n) is 7.18. The Hall–Kier alpha value is -3.16. The van der Waals surface area contributed by atoms with Crippen molar-refractivity contribution in [2.75, 3.05) is 0 Å². The minimum atomic E-state index is -1.10. The van der Waals surface area contributed by atoms with Gasteiger partial charge in [-0.15, -0.1) is 0 Å². The molecule has 1 aliphatic rings. The molecule has 0 aliphatic heterocycles. The van der Waals surface area contributed by atoms with Crippen LogP contribution in [0.3, 0.4) is 0 Å². The van der Waals surface area contributed by atoms with Crippen molar-refractivity contribution in [2.24, 2.45) is 0 Å². The van der Waals surface area contributed by atoms with Crippen molar-refractivity contribution in [2.45, 2.75) is 12.0 Å². The Bertz CT molecular complexity index is 1170. The number of hydrogen-bond acceptors (Lipinski definition) is 1.